The van der Waals surface area contributed by atoms with Crippen LogP contribution in [0.25, 0.3) is 5.65 Å². The summed E-state index contributed by atoms with van der Waals surface area (Å²) in [6.07, 6.45) is 6.09. The van der Waals surface area contributed by atoms with Gasteiger partial charge >= 0.3 is 5.97 Å². The molecule has 2 saturated heterocycles. The van der Waals surface area contributed by atoms with E-state index in [0.29, 0.717) is 18.9 Å². The monoisotopic (exact) mass is 317 g/mol. The maximum absolute atomic E-state index is 11.3. The van der Waals surface area contributed by atoms with Crippen LogP contribution < -0.4 is 4.74 Å². The van der Waals surface area contributed by atoms with E-state index in [1.165, 1.54) is 6.20 Å². The molecular weight excluding hydrogens is 298 g/mol. The van der Waals surface area contributed by atoms with E-state index in [0.717, 1.165) is 25.0 Å². The molecule has 0 atom stereocenters. The molecule has 23 heavy (non-hydrogen) atoms. The molecule has 1 saturated carbocycles. The Morgan fingerprint density at radius 2 is 2.22 bits per heavy atom. The number of nitrogens with zero attached hydrogens (tertiary/aromatic N) is 3. The van der Waals surface area contributed by atoms with E-state index in [4.69, 9.17) is 14.5 Å². The molecule has 122 valence electrons. The zero-order chi connectivity index (χ0) is 16.2. The average Bonchev–Trinajstić information content (AvgIpc) is 3.14. The first-order chi connectivity index (χ1) is 10.9. The van der Waals surface area contributed by atoms with Crippen molar-refractivity contribution in [2.45, 2.75) is 44.1 Å². The highest BCUT2D eigenvalue weighted by molar-refractivity contribution is 5.85. The van der Waals surface area contributed by atoms with Crippen molar-refractivity contribution in [1.29, 1.82) is 0 Å². The summed E-state index contributed by atoms with van der Waals surface area (Å²) in [5.74, 6) is -0.808. The fourth-order valence-corrected chi connectivity index (χ4v) is 3.78. The smallest absolute Gasteiger partial charge is 0.356 e. The number of aromatic nitrogens is 3. The van der Waals surface area contributed by atoms with Gasteiger partial charge in [-0.05, 0) is 26.2 Å². The number of carboxylic acids is 1. The van der Waals surface area contributed by atoms with Gasteiger partial charge in [0.25, 0.3) is 5.88 Å². The summed E-state index contributed by atoms with van der Waals surface area (Å²) >= 11 is 0. The number of hydrogen-bond acceptors (Lipinski definition) is 5. The first-order valence-electron chi connectivity index (χ1n) is 7.85. The Kier molecular flexibility index (Phi) is 2.93. The van der Waals surface area contributed by atoms with Crippen molar-refractivity contribution in [3.63, 3.8) is 0 Å². The predicted octanol–water partition coefficient (Wildman–Crippen LogP) is 2.04. The molecular formula is C16H19N3O4. The van der Waals surface area contributed by atoms with Crippen molar-refractivity contribution < 1.29 is 19.4 Å². The number of carbonyl (C=O) groups is 1. The standard InChI is InChI=1S/C16H19N3O4/c1-3-4-22-13-12-18-11(16-7-15(2,8-16)23-9-16)6-19(12)5-10(17-13)14(20)21/h5-6H,3-4,7-9H2,1-2H3,(H,20,21). The number of aromatic carboxylic acids is 1. The molecule has 5 rings (SSSR count). The molecule has 0 unspecified atom stereocenters. The lowest BCUT2D eigenvalue weighted by Gasteiger charge is -2.41. The highest BCUT2D eigenvalue weighted by Crippen LogP contribution is 2.58. The van der Waals surface area contributed by atoms with Crippen LogP contribution in [0.3, 0.4) is 0 Å². The lowest BCUT2D eigenvalue weighted by molar-refractivity contribution is 0.0154. The van der Waals surface area contributed by atoms with Gasteiger partial charge in [-0.2, -0.15) is 0 Å². The molecule has 2 bridgehead atoms. The van der Waals surface area contributed by atoms with Gasteiger partial charge in [0, 0.05) is 17.8 Å². The van der Waals surface area contributed by atoms with Gasteiger partial charge in [-0.25, -0.2) is 14.8 Å². The summed E-state index contributed by atoms with van der Waals surface area (Å²) in [4.78, 5) is 20.1. The van der Waals surface area contributed by atoms with Gasteiger partial charge in [0.1, 0.15) is 0 Å². The van der Waals surface area contributed by atoms with Crippen LogP contribution in [0.5, 0.6) is 5.88 Å². The van der Waals surface area contributed by atoms with Crippen LogP contribution in [0, 0.1) is 0 Å². The fraction of sp³-hybridized carbons (Fsp3) is 0.562. The minimum Gasteiger partial charge on any atom is -0.476 e. The van der Waals surface area contributed by atoms with Crippen LogP contribution in [0.2, 0.25) is 0 Å². The minimum atomic E-state index is -1.08. The van der Waals surface area contributed by atoms with Crippen molar-refractivity contribution >= 4 is 11.6 Å². The zero-order valence-electron chi connectivity index (χ0n) is 13.2. The van der Waals surface area contributed by atoms with Crippen LogP contribution >= 0.6 is 0 Å². The van der Waals surface area contributed by atoms with Gasteiger partial charge in [-0.1, -0.05) is 6.92 Å². The van der Waals surface area contributed by atoms with E-state index in [1.807, 2.05) is 13.1 Å². The summed E-state index contributed by atoms with van der Waals surface area (Å²) in [7, 11) is 0. The molecule has 7 nitrogen and oxygen atoms in total. The topological polar surface area (TPSA) is 86.0 Å². The van der Waals surface area contributed by atoms with Gasteiger partial charge < -0.3 is 14.6 Å². The summed E-state index contributed by atoms with van der Waals surface area (Å²) in [6, 6.07) is 0. The molecule has 2 aromatic rings. The van der Waals surface area contributed by atoms with E-state index in [9.17, 15) is 9.90 Å². The number of imidazole rings is 1. The van der Waals surface area contributed by atoms with Crippen molar-refractivity contribution in [2.24, 2.45) is 0 Å². The van der Waals surface area contributed by atoms with Crippen molar-refractivity contribution in [1.82, 2.24) is 14.4 Å². The summed E-state index contributed by atoms with van der Waals surface area (Å²) < 4.78 is 13.2. The molecule has 4 heterocycles. The van der Waals surface area contributed by atoms with E-state index < -0.39 is 5.97 Å². The Bertz CT molecular complexity index is 792. The van der Waals surface area contributed by atoms with E-state index in [1.54, 1.807) is 4.40 Å². The Labute approximate surface area is 133 Å². The lowest BCUT2D eigenvalue weighted by Crippen LogP contribution is -2.45. The molecule has 0 aromatic carbocycles. The largest absolute Gasteiger partial charge is 0.476 e. The molecule has 0 amide bonds. The van der Waals surface area contributed by atoms with Crippen LogP contribution in [0.15, 0.2) is 12.4 Å². The molecule has 0 radical (unpaired) electrons. The predicted molar refractivity (Wildman–Crippen MR) is 81.0 cm³/mol. The molecule has 1 aliphatic carbocycles. The third kappa shape index (κ3) is 2.10. The first kappa shape index (κ1) is 14.4. The second-order valence-corrected chi connectivity index (χ2v) is 6.81. The molecule has 3 fully saturated rings. The summed E-state index contributed by atoms with van der Waals surface area (Å²) in [5, 5.41) is 9.23. The normalized spacial score (nSPS) is 28.8. The van der Waals surface area contributed by atoms with Crippen LogP contribution in [0.4, 0.5) is 0 Å². The van der Waals surface area contributed by atoms with Crippen LogP contribution in [-0.4, -0.2) is 44.3 Å². The number of carboxylic acid groups (broad SMARTS) is 1. The van der Waals surface area contributed by atoms with Crippen molar-refractivity contribution in [2.75, 3.05) is 13.2 Å². The van der Waals surface area contributed by atoms with Gasteiger partial charge in [0.15, 0.2) is 5.69 Å². The number of ether oxygens (including phenoxy) is 2. The number of hydrogen-bond donors (Lipinski definition) is 1. The molecule has 7 heteroatoms. The highest BCUT2D eigenvalue weighted by atomic mass is 16.5. The molecule has 3 aliphatic rings. The van der Waals surface area contributed by atoms with E-state index >= 15 is 0 Å². The number of fused-ring (bicyclic) bond motifs is 2. The number of rotatable bonds is 5. The maximum atomic E-state index is 11.3. The van der Waals surface area contributed by atoms with Crippen molar-refractivity contribution in [3.05, 3.63) is 23.8 Å². The quantitative estimate of drug-likeness (QED) is 0.908. The Morgan fingerprint density at radius 3 is 2.83 bits per heavy atom. The highest BCUT2D eigenvalue weighted by Gasteiger charge is 2.61. The first-order valence-corrected chi connectivity index (χ1v) is 7.85. The van der Waals surface area contributed by atoms with Crippen molar-refractivity contribution in [3.8, 4) is 5.88 Å². The van der Waals surface area contributed by atoms with E-state index in [-0.39, 0.29) is 22.6 Å². The second-order valence-electron chi connectivity index (χ2n) is 6.81. The molecule has 1 N–H and O–H groups in total. The van der Waals surface area contributed by atoms with Gasteiger partial charge in [-0.3, -0.25) is 4.40 Å². The maximum Gasteiger partial charge on any atom is 0.356 e. The van der Waals surface area contributed by atoms with Gasteiger partial charge in [0.2, 0.25) is 5.65 Å². The Balaban J connectivity index is 1.79. The molecule has 0 spiro atoms. The van der Waals surface area contributed by atoms with Gasteiger partial charge in [0.05, 0.1) is 24.5 Å². The summed E-state index contributed by atoms with van der Waals surface area (Å²) in [5.41, 5.74) is 1.37. The molecule has 2 aromatic heterocycles. The summed E-state index contributed by atoms with van der Waals surface area (Å²) in [6.45, 7) is 5.24. The second kappa shape index (κ2) is 4.67. The van der Waals surface area contributed by atoms with E-state index in [2.05, 4.69) is 11.9 Å². The zero-order valence-corrected chi connectivity index (χ0v) is 13.2. The fourth-order valence-electron chi connectivity index (χ4n) is 3.78. The molecule has 2 aliphatic heterocycles. The SMILES string of the molecule is CCCOc1nc(C(=O)O)cn2cc(C34COC(C)(C3)C4)nc12. The van der Waals surface area contributed by atoms with Gasteiger partial charge in [-0.15, -0.1) is 0 Å². The third-order valence-electron chi connectivity index (χ3n) is 4.73. The Hall–Kier alpha value is -2.15. The van der Waals surface area contributed by atoms with Crippen LogP contribution in [-0.2, 0) is 10.2 Å². The lowest BCUT2D eigenvalue weighted by atomic mass is 9.62. The minimum absolute atomic E-state index is 0.0260. The Morgan fingerprint density at radius 1 is 1.43 bits per heavy atom. The van der Waals surface area contributed by atoms with Crippen LogP contribution in [0.1, 0.15) is 49.3 Å². The third-order valence-corrected chi connectivity index (χ3v) is 4.73. The average molecular weight is 317 g/mol.